The molecule has 1 aromatic carbocycles. The molecule has 0 fully saturated rings. The predicted molar refractivity (Wildman–Crippen MR) is 82.0 cm³/mol. The topological polar surface area (TPSA) is 51.2 Å². The normalized spacial score (nSPS) is 11.7. The van der Waals surface area contributed by atoms with Gasteiger partial charge in [-0.15, -0.1) is 0 Å². The number of aryl methyl sites for hydroxylation is 1. The molecule has 0 saturated heterocycles. The van der Waals surface area contributed by atoms with Gasteiger partial charge in [-0.2, -0.15) is 0 Å². The summed E-state index contributed by atoms with van der Waals surface area (Å²) in [5.74, 6) is 0.612. The molecular weight excluding hydrogens is 264 g/mol. The van der Waals surface area contributed by atoms with Crippen molar-refractivity contribution in [2.45, 2.75) is 32.9 Å². The van der Waals surface area contributed by atoms with Crippen molar-refractivity contribution in [1.29, 1.82) is 0 Å². The van der Waals surface area contributed by atoms with E-state index in [1.54, 1.807) is 12.4 Å². The lowest BCUT2D eigenvalue weighted by Gasteiger charge is -2.17. The highest BCUT2D eigenvalue weighted by atomic mass is 16.5. The summed E-state index contributed by atoms with van der Waals surface area (Å²) in [6, 6.07) is 11.5. The molecule has 2 aromatic rings. The molecule has 1 heterocycles. The van der Waals surface area contributed by atoms with Crippen molar-refractivity contribution in [3.05, 3.63) is 59.9 Å². The molecule has 1 unspecified atom stereocenters. The number of carbonyl (C=O) groups excluding carboxylic acids is 1. The highest BCUT2D eigenvalue weighted by Crippen LogP contribution is 2.14. The monoisotopic (exact) mass is 284 g/mol. The first-order valence-corrected chi connectivity index (χ1v) is 7.09. The zero-order valence-corrected chi connectivity index (χ0v) is 12.4. The van der Waals surface area contributed by atoms with Crippen molar-refractivity contribution in [1.82, 2.24) is 10.3 Å². The van der Waals surface area contributed by atoms with Gasteiger partial charge in [0.1, 0.15) is 5.75 Å². The third-order valence-corrected chi connectivity index (χ3v) is 3.18. The van der Waals surface area contributed by atoms with Gasteiger partial charge in [0.15, 0.2) is 6.10 Å². The van der Waals surface area contributed by atoms with E-state index in [2.05, 4.69) is 10.3 Å². The standard InChI is InChI=1S/C17H20N2O2/c1-3-16(21-15-6-4-13(2)5-7-15)17(20)19-12-14-8-10-18-11-9-14/h4-11,16H,3,12H2,1-2H3,(H,19,20). The number of hydrogen-bond acceptors (Lipinski definition) is 3. The zero-order valence-electron chi connectivity index (χ0n) is 12.4. The van der Waals surface area contributed by atoms with Crippen molar-refractivity contribution < 1.29 is 9.53 Å². The van der Waals surface area contributed by atoms with Gasteiger partial charge in [-0.3, -0.25) is 9.78 Å². The van der Waals surface area contributed by atoms with Gasteiger partial charge in [-0.25, -0.2) is 0 Å². The Kier molecular flexibility index (Phi) is 5.32. The fourth-order valence-electron chi connectivity index (χ4n) is 1.91. The number of nitrogens with one attached hydrogen (secondary N) is 1. The van der Waals surface area contributed by atoms with E-state index in [0.717, 1.165) is 11.1 Å². The maximum absolute atomic E-state index is 12.2. The average Bonchev–Trinajstić information content (AvgIpc) is 2.53. The Morgan fingerprint density at radius 3 is 2.48 bits per heavy atom. The lowest BCUT2D eigenvalue weighted by Crippen LogP contribution is -2.37. The van der Waals surface area contributed by atoms with Crippen LogP contribution in [0.5, 0.6) is 5.75 Å². The van der Waals surface area contributed by atoms with Crippen LogP contribution in [0.25, 0.3) is 0 Å². The Morgan fingerprint density at radius 1 is 1.19 bits per heavy atom. The van der Waals surface area contributed by atoms with Gasteiger partial charge >= 0.3 is 0 Å². The molecule has 0 aliphatic carbocycles. The number of nitrogens with zero attached hydrogens (tertiary/aromatic N) is 1. The smallest absolute Gasteiger partial charge is 0.261 e. The van der Waals surface area contributed by atoms with Crippen LogP contribution in [0.1, 0.15) is 24.5 Å². The van der Waals surface area contributed by atoms with Crippen LogP contribution < -0.4 is 10.1 Å². The van der Waals surface area contributed by atoms with Crippen LogP contribution in [0, 0.1) is 6.92 Å². The molecule has 4 nitrogen and oxygen atoms in total. The Hall–Kier alpha value is -2.36. The van der Waals surface area contributed by atoms with E-state index >= 15 is 0 Å². The third-order valence-electron chi connectivity index (χ3n) is 3.18. The summed E-state index contributed by atoms with van der Waals surface area (Å²) >= 11 is 0. The number of ether oxygens (including phenoxy) is 1. The number of benzene rings is 1. The summed E-state index contributed by atoms with van der Waals surface area (Å²) in [4.78, 5) is 16.1. The zero-order chi connectivity index (χ0) is 15.1. The van der Waals surface area contributed by atoms with Crippen LogP contribution in [-0.2, 0) is 11.3 Å². The number of pyridine rings is 1. The van der Waals surface area contributed by atoms with Gasteiger partial charge in [-0.05, 0) is 43.2 Å². The first-order valence-electron chi connectivity index (χ1n) is 7.09. The van der Waals surface area contributed by atoms with Crippen molar-refractivity contribution in [2.24, 2.45) is 0 Å². The maximum Gasteiger partial charge on any atom is 0.261 e. The first kappa shape index (κ1) is 15.0. The third kappa shape index (κ3) is 4.60. The van der Waals surface area contributed by atoms with E-state index in [4.69, 9.17) is 4.74 Å². The van der Waals surface area contributed by atoms with Crippen LogP contribution in [0.15, 0.2) is 48.8 Å². The lowest BCUT2D eigenvalue weighted by atomic mass is 10.2. The number of amides is 1. The van der Waals surface area contributed by atoms with Gasteiger partial charge in [-0.1, -0.05) is 24.6 Å². The fourth-order valence-corrected chi connectivity index (χ4v) is 1.91. The number of hydrogen-bond donors (Lipinski definition) is 1. The minimum atomic E-state index is -0.477. The molecule has 0 saturated carbocycles. The molecule has 0 spiro atoms. The summed E-state index contributed by atoms with van der Waals surface area (Å²) in [7, 11) is 0. The van der Waals surface area contributed by atoms with E-state index in [1.165, 1.54) is 0 Å². The molecule has 2 rings (SSSR count). The van der Waals surface area contributed by atoms with Gasteiger partial charge in [0.05, 0.1) is 0 Å². The van der Waals surface area contributed by atoms with Crippen molar-refractivity contribution in [3.63, 3.8) is 0 Å². The van der Waals surface area contributed by atoms with Gasteiger partial charge in [0.25, 0.3) is 5.91 Å². The molecule has 21 heavy (non-hydrogen) atoms. The lowest BCUT2D eigenvalue weighted by molar-refractivity contribution is -0.128. The molecule has 1 atom stereocenters. The summed E-state index contributed by atoms with van der Waals surface area (Å²) in [6.07, 6.45) is 3.56. The highest BCUT2D eigenvalue weighted by molar-refractivity contribution is 5.81. The van der Waals surface area contributed by atoms with Crippen molar-refractivity contribution in [2.75, 3.05) is 0 Å². The van der Waals surface area contributed by atoms with Crippen molar-refractivity contribution >= 4 is 5.91 Å². The predicted octanol–water partition coefficient (Wildman–Crippen LogP) is 2.86. The maximum atomic E-state index is 12.2. The van der Waals surface area contributed by atoms with Gasteiger partial charge in [0, 0.05) is 18.9 Å². The minimum absolute atomic E-state index is 0.102. The first-order chi connectivity index (χ1) is 10.2. The Balaban J connectivity index is 1.90. The molecule has 1 N–H and O–H groups in total. The summed E-state index contributed by atoms with van der Waals surface area (Å²) in [5.41, 5.74) is 2.18. The van der Waals surface area contributed by atoms with Crippen LogP contribution in [0.2, 0.25) is 0 Å². The van der Waals surface area contributed by atoms with E-state index < -0.39 is 6.10 Å². The van der Waals surface area contributed by atoms with E-state index in [0.29, 0.717) is 18.7 Å². The molecule has 1 amide bonds. The van der Waals surface area contributed by atoms with Crippen LogP contribution in [0.4, 0.5) is 0 Å². The molecule has 0 aliphatic heterocycles. The summed E-state index contributed by atoms with van der Waals surface area (Å²) < 4.78 is 5.74. The molecule has 0 bridgehead atoms. The second-order valence-electron chi connectivity index (χ2n) is 4.90. The summed E-state index contributed by atoms with van der Waals surface area (Å²) in [6.45, 7) is 4.43. The van der Waals surface area contributed by atoms with E-state index in [9.17, 15) is 4.79 Å². The Labute approximate surface area is 125 Å². The molecular formula is C17H20N2O2. The van der Waals surface area contributed by atoms with Crippen molar-refractivity contribution in [3.8, 4) is 5.75 Å². The van der Waals surface area contributed by atoms with Crippen LogP contribution in [-0.4, -0.2) is 17.0 Å². The van der Waals surface area contributed by atoms with E-state index in [-0.39, 0.29) is 5.91 Å². The van der Waals surface area contributed by atoms with Crippen LogP contribution >= 0.6 is 0 Å². The Bertz CT molecular complexity index is 567. The second kappa shape index (κ2) is 7.43. The quantitative estimate of drug-likeness (QED) is 0.887. The SMILES string of the molecule is CCC(Oc1ccc(C)cc1)C(=O)NCc1ccncc1. The average molecular weight is 284 g/mol. The number of carbonyl (C=O) groups is 1. The molecule has 0 aliphatic rings. The molecule has 4 heteroatoms. The number of rotatable bonds is 6. The largest absolute Gasteiger partial charge is 0.481 e. The Morgan fingerprint density at radius 2 is 1.86 bits per heavy atom. The molecule has 0 radical (unpaired) electrons. The molecule has 1 aromatic heterocycles. The second-order valence-corrected chi connectivity index (χ2v) is 4.90. The molecule has 110 valence electrons. The fraction of sp³-hybridized carbons (Fsp3) is 0.294. The van der Waals surface area contributed by atoms with Gasteiger partial charge < -0.3 is 10.1 Å². The summed E-state index contributed by atoms with van der Waals surface area (Å²) in [5, 5.41) is 2.89. The highest BCUT2D eigenvalue weighted by Gasteiger charge is 2.17. The minimum Gasteiger partial charge on any atom is -0.481 e. The number of aromatic nitrogens is 1. The van der Waals surface area contributed by atoms with E-state index in [1.807, 2.05) is 50.2 Å². The van der Waals surface area contributed by atoms with Gasteiger partial charge in [0.2, 0.25) is 0 Å². The van der Waals surface area contributed by atoms with Crippen LogP contribution in [0.3, 0.4) is 0 Å².